The lowest BCUT2D eigenvalue weighted by Gasteiger charge is -2.49. The fraction of sp³-hybridized carbons (Fsp3) is 0.345. The number of hydrogen-bond donors (Lipinski definition) is 2. The van der Waals surface area contributed by atoms with Crippen molar-refractivity contribution in [3.05, 3.63) is 64.5 Å². The van der Waals surface area contributed by atoms with Gasteiger partial charge in [-0.1, -0.05) is 39.9 Å². The number of rotatable bonds is 12. The summed E-state index contributed by atoms with van der Waals surface area (Å²) in [5, 5.41) is 8.97. The van der Waals surface area contributed by atoms with Gasteiger partial charge in [-0.3, -0.25) is 24.0 Å². The molecule has 2 aromatic rings. The Hall–Kier alpha value is -4.31. The highest BCUT2D eigenvalue weighted by Gasteiger charge is 2.57. The van der Waals surface area contributed by atoms with Crippen LogP contribution in [0.2, 0.25) is 0 Å². The fourth-order valence-electron chi connectivity index (χ4n) is 4.34. The molecule has 1 saturated heterocycles. The van der Waals surface area contributed by atoms with Crippen molar-refractivity contribution in [3.8, 4) is 5.75 Å². The number of anilines is 1. The average molecular weight is 825 g/mol. The summed E-state index contributed by atoms with van der Waals surface area (Å²) in [6, 6.07) is 5.54. The molecule has 1 aromatic heterocycles. The topological polar surface area (TPSA) is 201 Å². The van der Waals surface area contributed by atoms with Crippen molar-refractivity contribution in [1.82, 2.24) is 15.2 Å². The minimum Gasteiger partial charge on any atom is -0.540 e. The van der Waals surface area contributed by atoms with E-state index in [2.05, 4.69) is 25.4 Å². The number of carbonyl (C=O) groups is 5. The summed E-state index contributed by atoms with van der Waals surface area (Å²) < 4.78 is 33.4. The Bertz CT molecular complexity index is 1740. The first kappa shape index (κ1) is 37.5. The minimum atomic E-state index is -1.70. The van der Waals surface area contributed by atoms with Gasteiger partial charge >= 0.3 is 26.1 Å². The van der Waals surface area contributed by atoms with Gasteiger partial charge in [0.1, 0.15) is 47.0 Å². The Morgan fingerprint density at radius 2 is 1.94 bits per heavy atom. The Kier molecular flexibility index (Phi) is 12.6. The number of carbonyl (C=O) groups excluding carboxylic acids is 5. The predicted octanol–water partition coefficient (Wildman–Crippen LogP) is 2.21. The molecule has 2 N–H and O–H groups in total. The van der Waals surface area contributed by atoms with Gasteiger partial charge in [-0.25, -0.2) is 19.4 Å². The zero-order valence-corrected chi connectivity index (χ0v) is 30.2. The van der Waals surface area contributed by atoms with E-state index in [0.717, 1.165) is 28.6 Å². The van der Waals surface area contributed by atoms with Gasteiger partial charge in [0.25, 0.3) is 11.8 Å². The highest BCUT2D eigenvalue weighted by Crippen LogP contribution is 2.36. The maximum absolute atomic E-state index is 13.5. The molecule has 3 heterocycles. The second kappa shape index (κ2) is 16.4. The lowest BCUT2D eigenvalue weighted by atomic mass is 10.0. The van der Waals surface area contributed by atoms with E-state index in [1.54, 1.807) is 45.0 Å². The molecule has 0 spiro atoms. The number of oxime groups is 1. The second-order valence-electron chi connectivity index (χ2n) is 11.0. The summed E-state index contributed by atoms with van der Waals surface area (Å²) in [5.41, 5.74) is -0.254. The number of nitrogens with one attached hydrogen (secondary N) is 2. The third-order valence-electron chi connectivity index (χ3n) is 6.47. The normalized spacial score (nSPS) is 19.0. The number of esters is 1. The summed E-state index contributed by atoms with van der Waals surface area (Å²) in [7, 11) is 4.61. The third kappa shape index (κ3) is 9.44. The van der Waals surface area contributed by atoms with E-state index in [1.165, 1.54) is 12.5 Å². The monoisotopic (exact) mass is 825 g/mol. The standard InChI is InChI=1S/C29H29BIN5O11S2/c1-29(2,3)46-28(41)34-27-32-18(13-48-27)20(35-45-10-9-19(37)47-30)23(38)33-21-24(39)36-22(16(11-31)14-49(42)25(21)36)26(40)44-12-15-5-7-17(43-4)8-6-15/h5-10,13,21,25H,11-12,14H2,1-4H3,(H,33,38)(H,32,34,41)/b10-9+,35-20-/t21-,25-,49?/m1/s1. The molecule has 0 bridgehead atoms. The number of β-lactam (4-membered cyclic amide) rings is 1. The number of halogens is 1. The number of fused-ring (bicyclic) bond motifs is 1. The Morgan fingerprint density at radius 3 is 2.57 bits per heavy atom. The quantitative estimate of drug-likeness (QED) is 0.0365. The van der Waals surface area contributed by atoms with Gasteiger partial charge in [0.15, 0.2) is 10.8 Å². The van der Waals surface area contributed by atoms with Crippen molar-refractivity contribution in [2.24, 2.45) is 5.16 Å². The molecule has 49 heavy (non-hydrogen) atoms. The van der Waals surface area contributed by atoms with E-state index in [9.17, 15) is 28.2 Å². The molecule has 3 amide bonds. The van der Waals surface area contributed by atoms with Crippen LogP contribution in [0.1, 0.15) is 32.0 Å². The largest absolute Gasteiger partial charge is 0.540 e. The highest BCUT2D eigenvalue weighted by molar-refractivity contribution is 14.1. The maximum Gasteiger partial charge on any atom is 0.413 e. The molecule has 3 atom stereocenters. The van der Waals surface area contributed by atoms with Crippen molar-refractivity contribution >= 4 is 93.5 Å². The molecule has 4 rings (SSSR count). The molecule has 1 aromatic carbocycles. The Labute approximate surface area is 301 Å². The first-order valence-electron chi connectivity index (χ1n) is 14.1. The number of methoxy groups -OCH3 is 1. The van der Waals surface area contributed by atoms with Gasteiger partial charge < -0.3 is 29.0 Å². The first-order chi connectivity index (χ1) is 23.3. The summed E-state index contributed by atoms with van der Waals surface area (Å²) in [6.07, 6.45) is 0.759. The number of benzene rings is 1. The molecule has 1 fully saturated rings. The van der Waals surface area contributed by atoms with Gasteiger partial charge in [-0.2, -0.15) is 0 Å². The van der Waals surface area contributed by atoms with Crippen molar-refractivity contribution in [2.45, 2.75) is 44.4 Å². The van der Waals surface area contributed by atoms with Gasteiger partial charge in [-0.15, -0.1) is 11.3 Å². The number of alkyl halides is 1. The van der Waals surface area contributed by atoms with Gasteiger partial charge in [0.2, 0.25) is 0 Å². The van der Waals surface area contributed by atoms with E-state index in [1.807, 2.05) is 22.6 Å². The summed E-state index contributed by atoms with van der Waals surface area (Å²) in [5.74, 6) is -2.85. The number of ether oxygens (including phenoxy) is 3. The molecular formula is C29H29BIN5O11S2. The number of nitrogens with zero attached hydrogens (tertiary/aromatic N) is 3. The molecular weight excluding hydrogens is 796 g/mol. The van der Waals surface area contributed by atoms with Crippen LogP contribution in [0.5, 0.6) is 5.75 Å². The minimum absolute atomic E-state index is 0.0329. The van der Waals surface area contributed by atoms with Crippen molar-refractivity contribution in [1.29, 1.82) is 0 Å². The van der Waals surface area contributed by atoms with Gasteiger partial charge in [0.05, 0.1) is 29.7 Å². The van der Waals surface area contributed by atoms with Crippen LogP contribution in [0.25, 0.3) is 0 Å². The lowest BCUT2D eigenvalue weighted by molar-refractivity contribution is -0.153. The van der Waals surface area contributed by atoms with Crippen LogP contribution < -0.4 is 15.4 Å². The lowest BCUT2D eigenvalue weighted by Crippen LogP contribution is -2.74. The molecule has 2 aliphatic heterocycles. The number of hydrogen-bond acceptors (Lipinski definition) is 14. The van der Waals surface area contributed by atoms with Crippen LogP contribution in [0.3, 0.4) is 0 Å². The maximum atomic E-state index is 13.5. The third-order valence-corrected chi connectivity index (χ3v) is 9.80. The number of thiazole rings is 1. The molecule has 16 nitrogen and oxygen atoms in total. The van der Waals surface area contributed by atoms with Crippen LogP contribution in [0.15, 0.2) is 58.4 Å². The van der Waals surface area contributed by atoms with E-state index in [4.69, 9.17) is 27.1 Å². The van der Waals surface area contributed by atoms with Crippen molar-refractivity contribution in [3.63, 3.8) is 0 Å². The highest BCUT2D eigenvalue weighted by atomic mass is 127. The van der Waals surface area contributed by atoms with Crippen LogP contribution in [-0.2, 0) is 55.6 Å². The van der Waals surface area contributed by atoms with Crippen LogP contribution in [0.4, 0.5) is 9.93 Å². The van der Waals surface area contributed by atoms with E-state index in [0.29, 0.717) is 21.3 Å². The molecule has 2 aliphatic rings. The fourth-order valence-corrected chi connectivity index (χ4v) is 7.70. The molecule has 1 unspecified atom stereocenters. The zero-order valence-electron chi connectivity index (χ0n) is 26.4. The molecule has 0 aliphatic carbocycles. The summed E-state index contributed by atoms with van der Waals surface area (Å²) in [4.78, 5) is 74.0. The van der Waals surface area contributed by atoms with Gasteiger partial charge in [-0.05, 0) is 44.0 Å². The van der Waals surface area contributed by atoms with Gasteiger partial charge in [0, 0.05) is 9.81 Å². The van der Waals surface area contributed by atoms with E-state index < -0.39 is 63.4 Å². The summed E-state index contributed by atoms with van der Waals surface area (Å²) >= 11 is 2.94. The number of aromatic nitrogens is 1. The second-order valence-corrected chi connectivity index (χ2v) is 14.2. The molecule has 0 saturated carbocycles. The van der Waals surface area contributed by atoms with Crippen molar-refractivity contribution < 1.29 is 51.9 Å². The Balaban J connectivity index is 1.52. The smallest absolute Gasteiger partial charge is 0.413 e. The van der Waals surface area contributed by atoms with Crippen LogP contribution >= 0.6 is 33.9 Å². The van der Waals surface area contributed by atoms with Crippen LogP contribution in [-0.4, -0.2) is 92.0 Å². The Morgan fingerprint density at radius 1 is 1.22 bits per heavy atom. The van der Waals surface area contributed by atoms with Crippen LogP contribution in [0, 0.1) is 0 Å². The summed E-state index contributed by atoms with van der Waals surface area (Å²) in [6.45, 7) is 4.94. The van der Waals surface area contributed by atoms with Crippen molar-refractivity contribution in [2.75, 3.05) is 22.6 Å². The van der Waals surface area contributed by atoms with E-state index in [-0.39, 0.29) is 28.9 Å². The predicted molar refractivity (Wildman–Crippen MR) is 185 cm³/mol. The SMILES string of the molecule is [B]OC(=O)/C=C/O/N=C(\C(=O)N[C@@H]1C(=O)N2C(C(=O)OCc3ccc(OC)cc3)=C(CI)CS(=O)[C@H]12)c1csc(NC(=O)OC(C)(C)C)n1. The first-order valence-corrected chi connectivity index (χ1v) is 17.9. The van der Waals surface area contributed by atoms with E-state index >= 15 is 0 Å². The zero-order chi connectivity index (χ0) is 35.9. The average Bonchev–Trinajstić information content (AvgIpc) is 3.51. The molecule has 2 radical (unpaired) electrons. The molecule has 258 valence electrons. The molecule has 20 heteroatoms. The number of amides is 3.